The van der Waals surface area contributed by atoms with E-state index >= 15 is 0 Å². The van der Waals surface area contributed by atoms with Crippen molar-refractivity contribution in [1.82, 2.24) is 0 Å². The van der Waals surface area contributed by atoms with E-state index in [1.807, 2.05) is 30.3 Å². The first kappa shape index (κ1) is 7.88. The molecule has 1 heterocycles. The fourth-order valence-electron chi connectivity index (χ4n) is 1.28. The number of ether oxygens (including phenoxy) is 1. The van der Waals surface area contributed by atoms with Crippen LogP contribution in [0.15, 0.2) is 30.3 Å². The monoisotopic (exact) mass is 171 g/mol. The third-order valence-corrected chi connectivity index (χ3v) is 2.04. The molecule has 0 bridgehead atoms. The number of nitriles is 1. The topological polar surface area (TPSA) is 33.0 Å². The van der Waals surface area contributed by atoms with Crippen LogP contribution >= 0.6 is 0 Å². The molecule has 2 heteroatoms. The van der Waals surface area contributed by atoms with Gasteiger partial charge in [-0.15, -0.1) is 0 Å². The number of rotatable bonds is 0. The van der Waals surface area contributed by atoms with Crippen LogP contribution in [0.3, 0.4) is 0 Å². The van der Waals surface area contributed by atoms with E-state index in [9.17, 15) is 0 Å². The summed E-state index contributed by atoms with van der Waals surface area (Å²) in [7, 11) is 0. The average Bonchev–Trinajstić information content (AvgIpc) is 2.18. The molecule has 1 aromatic rings. The van der Waals surface area contributed by atoms with Gasteiger partial charge in [0.25, 0.3) is 0 Å². The zero-order valence-corrected chi connectivity index (χ0v) is 7.32. The molecule has 0 radical (unpaired) electrons. The van der Waals surface area contributed by atoms with Crippen LogP contribution in [0.5, 0.6) is 5.75 Å². The van der Waals surface area contributed by atoms with E-state index in [0.29, 0.717) is 0 Å². The van der Waals surface area contributed by atoms with Crippen molar-refractivity contribution in [3.05, 3.63) is 35.9 Å². The predicted molar refractivity (Wildman–Crippen MR) is 50.1 cm³/mol. The minimum atomic E-state index is -0.811. The van der Waals surface area contributed by atoms with E-state index in [4.69, 9.17) is 10.00 Å². The van der Waals surface area contributed by atoms with E-state index in [1.165, 1.54) is 0 Å². The van der Waals surface area contributed by atoms with Crippen LogP contribution in [0.1, 0.15) is 12.5 Å². The molecule has 0 fully saturated rings. The maximum atomic E-state index is 8.85. The molecule has 1 aliphatic heterocycles. The highest BCUT2D eigenvalue weighted by Crippen LogP contribution is 2.29. The lowest BCUT2D eigenvalue weighted by Gasteiger charge is -2.24. The van der Waals surface area contributed by atoms with Gasteiger partial charge in [-0.2, -0.15) is 5.26 Å². The molecule has 1 aromatic carbocycles. The average molecular weight is 171 g/mol. The summed E-state index contributed by atoms with van der Waals surface area (Å²) in [6.07, 6.45) is 3.69. The van der Waals surface area contributed by atoms with Crippen LogP contribution in [-0.4, -0.2) is 5.60 Å². The fraction of sp³-hybridized carbons (Fsp3) is 0.182. The molecule has 0 saturated heterocycles. The maximum absolute atomic E-state index is 8.85. The van der Waals surface area contributed by atoms with Gasteiger partial charge in [-0.25, -0.2) is 0 Å². The molecule has 2 nitrogen and oxygen atoms in total. The van der Waals surface area contributed by atoms with E-state index in [0.717, 1.165) is 11.3 Å². The Morgan fingerprint density at radius 1 is 1.38 bits per heavy atom. The highest BCUT2D eigenvalue weighted by Gasteiger charge is 2.26. The lowest BCUT2D eigenvalue weighted by atomic mass is 10.0. The van der Waals surface area contributed by atoms with Gasteiger partial charge in [0.2, 0.25) is 5.60 Å². The summed E-state index contributed by atoms with van der Waals surface area (Å²) >= 11 is 0. The summed E-state index contributed by atoms with van der Waals surface area (Å²) in [4.78, 5) is 0. The Bertz CT molecular complexity index is 403. The third kappa shape index (κ3) is 1.29. The summed E-state index contributed by atoms with van der Waals surface area (Å²) in [6.45, 7) is 1.75. The van der Waals surface area contributed by atoms with Crippen molar-refractivity contribution in [3.63, 3.8) is 0 Å². The van der Waals surface area contributed by atoms with Crippen molar-refractivity contribution in [1.29, 1.82) is 5.26 Å². The molecule has 0 saturated carbocycles. The number of hydrogen-bond acceptors (Lipinski definition) is 2. The second-order valence-electron chi connectivity index (χ2n) is 3.19. The molecule has 2 rings (SSSR count). The van der Waals surface area contributed by atoms with Crippen LogP contribution in [0, 0.1) is 11.3 Å². The molecule has 13 heavy (non-hydrogen) atoms. The summed E-state index contributed by atoms with van der Waals surface area (Å²) < 4.78 is 5.52. The lowest BCUT2D eigenvalue weighted by Crippen LogP contribution is -2.29. The van der Waals surface area contributed by atoms with E-state index < -0.39 is 5.60 Å². The minimum Gasteiger partial charge on any atom is -0.468 e. The summed E-state index contributed by atoms with van der Waals surface area (Å²) in [5.74, 6) is 0.772. The van der Waals surface area contributed by atoms with Crippen molar-refractivity contribution in [2.75, 3.05) is 0 Å². The van der Waals surface area contributed by atoms with Crippen molar-refractivity contribution in [2.45, 2.75) is 12.5 Å². The Kier molecular flexibility index (Phi) is 1.60. The van der Waals surface area contributed by atoms with Crippen molar-refractivity contribution in [3.8, 4) is 11.8 Å². The Morgan fingerprint density at radius 3 is 2.92 bits per heavy atom. The minimum absolute atomic E-state index is 0.772. The van der Waals surface area contributed by atoms with Crippen molar-refractivity contribution < 1.29 is 4.74 Å². The maximum Gasteiger partial charge on any atom is 0.210 e. The first-order valence-corrected chi connectivity index (χ1v) is 4.12. The van der Waals surface area contributed by atoms with E-state index in [-0.39, 0.29) is 0 Å². The molecular formula is C11H9NO. The lowest BCUT2D eigenvalue weighted by molar-refractivity contribution is 0.197. The molecule has 64 valence electrons. The Balaban J connectivity index is 2.46. The van der Waals surface area contributed by atoms with Gasteiger partial charge in [-0.3, -0.25) is 0 Å². The molecule has 0 spiro atoms. The molecule has 1 aliphatic rings. The standard InChI is InChI=1S/C11H9NO/c1-11(8-12)7-6-9-4-2-3-5-10(9)13-11/h2-7H,1H3. The Labute approximate surface area is 77.1 Å². The molecule has 0 amide bonds. The highest BCUT2D eigenvalue weighted by molar-refractivity contribution is 5.61. The SMILES string of the molecule is CC1(C#N)C=Cc2ccccc2O1. The van der Waals surface area contributed by atoms with E-state index in [2.05, 4.69) is 6.07 Å². The number of benzene rings is 1. The summed E-state index contributed by atoms with van der Waals surface area (Å²) in [5, 5.41) is 8.85. The Morgan fingerprint density at radius 2 is 2.15 bits per heavy atom. The molecular weight excluding hydrogens is 162 g/mol. The van der Waals surface area contributed by atoms with Gasteiger partial charge in [-0.1, -0.05) is 24.3 Å². The fourth-order valence-corrected chi connectivity index (χ4v) is 1.28. The van der Waals surface area contributed by atoms with Gasteiger partial charge in [-0.05, 0) is 19.1 Å². The van der Waals surface area contributed by atoms with Crippen molar-refractivity contribution >= 4 is 6.08 Å². The largest absolute Gasteiger partial charge is 0.468 e. The zero-order valence-electron chi connectivity index (χ0n) is 7.32. The second-order valence-corrected chi connectivity index (χ2v) is 3.19. The van der Waals surface area contributed by atoms with Gasteiger partial charge in [0.05, 0.1) is 0 Å². The molecule has 0 aromatic heterocycles. The predicted octanol–water partition coefficient (Wildman–Crippen LogP) is 2.37. The number of hydrogen-bond donors (Lipinski definition) is 0. The van der Waals surface area contributed by atoms with Gasteiger partial charge in [0.15, 0.2) is 0 Å². The number of para-hydroxylation sites is 1. The van der Waals surface area contributed by atoms with E-state index in [1.54, 1.807) is 13.0 Å². The molecule has 1 atom stereocenters. The highest BCUT2D eigenvalue weighted by atomic mass is 16.5. The Hall–Kier alpha value is -1.75. The third-order valence-electron chi connectivity index (χ3n) is 2.04. The van der Waals surface area contributed by atoms with Crippen LogP contribution in [-0.2, 0) is 0 Å². The van der Waals surface area contributed by atoms with Crippen LogP contribution < -0.4 is 4.74 Å². The van der Waals surface area contributed by atoms with Crippen LogP contribution in [0.4, 0.5) is 0 Å². The molecule has 1 unspecified atom stereocenters. The summed E-state index contributed by atoms with van der Waals surface area (Å²) in [5.41, 5.74) is 0.212. The number of nitrogens with zero attached hydrogens (tertiary/aromatic N) is 1. The zero-order chi connectivity index (χ0) is 9.31. The molecule has 0 N–H and O–H groups in total. The number of fused-ring (bicyclic) bond motifs is 1. The van der Waals surface area contributed by atoms with Gasteiger partial charge in [0, 0.05) is 5.56 Å². The van der Waals surface area contributed by atoms with Gasteiger partial charge >= 0.3 is 0 Å². The van der Waals surface area contributed by atoms with Gasteiger partial charge < -0.3 is 4.74 Å². The smallest absolute Gasteiger partial charge is 0.210 e. The first-order chi connectivity index (χ1) is 6.23. The normalized spacial score (nSPS) is 24.3. The quantitative estimate of drug-likeness (QED) is 0.600. The summed E-state index contributed by atoms with van der Waals surface area (Å²) in [6, 6.07) is 9.79. The van der Waals surface area contributed by atoms with Gasteiger partial charge in [0.1, 0.15) is 11.8 Å². The second kappa shape index (κ2) is 2.63. The van der Waals surface area contributed by atoms with Crippen molar-refractivity contribution in [2.24, 2.45) is 0 Å². The first-order valence-electron chi connectivity index (χ1n) is 4.12. The van der Waals surface area contributed by atoms with Crippen LogP contribution in [0.2, 0.25) is 0 Å². The molecule has 0 aliphatic carbocycles. The van der Waals surface area contributed by atoms with Crippen LogP contribution in [0.25, 0.3) is 6.08 Å².